The van der Waals surface area contributed by atoms with Crippen LogP contribution < -0.4 is 5.32 Å². The summed E-state index contributed by atoms with van der Waals surface area (Å²) < 4.78 is 0. The van der Waals surface area contributed by atoms with Crippen LogP contribution in [0.4, 0.5) is 0 Å². The molecule has 3 atom stereocenters. The monoisotopic (exact) mass is 209 g/mol. The van der Waals surface area contributed by atoms with Crippen molar-refractivity contribution in [1.82, 2.24) is 5.32 Å². The summed E-state index contributed by atoms with van der Waals surface area (Å²) in [6.45, 7) is 10.9. The van der Waals surface area contributed by atoms with Crippen LogP contribution in [0.1, 0.15) is 46.0 Å². The van der Waals surface area contributed by atoms with Gasteiger partial charge < -0.3 is 5.32 Å². The fourth-order valence-electron chi connectivity index (χ4n) is 2.80. The maximum absolute atomic E-state index is 3.89. The quantitative estimate of drug-likeness (QED) is 0.520. The summed E-state index contributed by atoms with van der Waals surface area (Å²) in [5.74, 6) is 2.71. The molecule has 1 aliphatic carbocycles. The van der Waals surface area contributed by atoms with Gasteiger partial charge in [-0.2, -0.15) is 0 Å². The van der Waals surface area contributed by atoms with Crippen LogP contribution in [0, 0.1) is 17.8 Å². The van der Waals surface area contributed by atoms with Crippen LogP contribution in [-0.4, -0.2) is 13.1 Å². The van der Waals surface area contributed by atoms with Gasteiger partial charge in [0.15, 0.2) is 0 Å². The summed E-state index contributed by atoms with van der Waals surface area (Å²) in [5, 5.41) is 3.57. The molecule has 0 amide bonds. The minimum absolute atomic E-state index is 0.885. The highest BCUT2D eigenvalue weighted by molar-refractivity contribution is 4.84. The molecule has 0 heterocycles. The van der Waals surface area contributed by atoms with Gasteiger partial charge in [0.2, 0.25) is 0 Å². The lowest BCUT2D eigenvalue weighted by Gasteiger charge is -2.34. The predicted octanol–water partition coefficient (Wildman–Crippen LogP) is 3.61. The van der Waals surface area contributed by atoms with Gasteiger partial charge in [-0.05, 0) is 56.5 Å². The van der Waals surface area contributed by atoms with Gasteiger partial charge in [-0.1, -0.05) is 26.3 Å². The van der Waals surface area contributed by atoms with Gasteiger partial charge in [0.25, 0.3) is 0 Å². The second kappa shape index (κ2) is 7.05. The normalized spacial score (nSPS) is 31.5. The number of nitrogens with one attached hydrogen (secondary N) is 1. The fraction of sp³-hybridized carbons (Fsp3) is 0.857. The first-order valence-electron chi connectivity index (χ1n) is 6.59. The van der Waals surface area contributed by atoms with Crippen molar-refractivity contribution in [3.05, 3.63) is 12.7 Å². The average Bonchev–Trinajstić information content (AvgIpc) is 2.22. The second-order valence-corrected chi connectivity index (χ2v) is 5.17. The molecule has 1 heteroatoms. The highest BCUT2D eigenvalue weighted by Gasteiger charge is 2.26. The topological polar surface area (TPSA) is 12.0 Å². The van der Waals surface area contributed by atoms with E-state index in [1.165, 1.54) is 45.2 Å². The van der Waals surface area contributed by atoms with E-state index in [4.69, 9.17) is 0 Å². The zero-order valence-electron chi connectivity index (χ0n) is 10.5. The Morgan fingerprint density at radius 3 is 2.80 bits per heavy atom. The van der Waals surface area contributed by atoms with Gasteiger partial charge in [0, 0.05) is 0 Å². The fourth-order valence-corrected chi connectivity index (χ4v) is 2.80. The molecule has 1 saturated carbocycles. The lowest BCUT2D eigenvalue weighted by Crippen LogP contribution is -2.32. The van der Waals surface area contributed by atoms with E-state index in [1.807, 2.05) is 0 Å². The lowest BCUT2D eigenvalue weighted by molar-refractivity contribution is 0.186. The van der Waals surface area contributed by atoms with Gasteiger partial charge in [0.1, 0.15) is 0 Å². The Balaban J connectivity index is 2.34. The Bertz CT molecular complexity index is 176. The zero-order chi connectivity index (χ0) is 11.1. The van der Waals surface area contributed by atoms with E-state index < -0.39 is 0 Å². The molecule has 0 bridgehead atoms. The van der Waals surface area contributed by atoms with Crippen molar-refractivity contribution in [2.75, 3.05) is 13.1 Å². The molecule has 3 unspecified atom stereocenters. The van der Waals surface area contributed by atoms with Crippen molar-refractivity contribution < 1.29 is 0 Å². The van der Waals surface area contributed by atoms with E-state index in [0.29, 0.717) is 0 Å². The molecule has 1 N–H and O–H groups in total. The van der Waals surface area contributed by atoms with Crippen molar-refractivity contribution in [2.24, 2.45) is 17.8 Å². The first kappa shape index (κ1) is 12.8. The van der Waals surface area contributed by atoms with Crippen molar-refractivity contribution in [3.63, 3.8) is 0 Å². The van der Waals surface area contributed by atoms with Crippen LogP contribution in [0.25, 0.3) is 0 Å². The molecule has 1 rings (SSSR count). The molecule has 1 nitrogen and oxygen atoms in total. The first-order chi connectivity index (χ1) is 7.27. The molecule has 88 valence electrons. The molecule has 0 radical (unpaired) electrons. The van der Waals surface area contributed by atoms with Crippen LogP contribution in [0.15, 0.2) is 12.7 Å². The Morgan fingerprint density at radius 1 is 1.33 bits per heavy atom. The highest BCUT2D eigenvalue weighted by Crippen LogP contribution is 2.35. The molecule has 1 aliphatic rings. The lowest BCUT2D eigenvalue weighted by atomic mass is 9.73. The smallest absolute Gasteiger partial charge is 0.00178 e. The Morgan fingerprint density at radius 2 is 2.13 bits per heavy atom. The van der Waals surface area contributed by atoms with Crippen LogP contribution in [0.5, 0.6) is 0 Å². The van der Waals surface area contributed by atoms with E-state index >= 15 is 0 Å². The first-order valence-corrected chi connectivity index (χ1v) is 6.59. The second-order valence-electron chi connectivity index (χ2n) is 5.17. The molecule has 1 fully saturated rings. The van der Waals surface area contributed by atoms with Crippen LogP contribution in [0.3, 0.4) is 0 Å². The number of hydrogen-bond donors (Lipinski definition) is 1. The number of allylic oxidation sites excluding steroid dienone is 1. The third-order valence-electron chi connectivity index (χ3n) is 3.70. The molecule has 0 saturated heterocycles. The molecular formula is C14H27N. The molecular weight excluding hydrogens is 182 g/mol. The molecule has 0 aromatic rings. The Hall–Kier alpha value is -0.300. The van der Waals surface area contributed by atoms with E-state index in [1.54, 1.807) is 0 Å². The predicted molar refractivity (Wildman–Crippen MR) is 68.0 cm³/mol. The standard InChI is InChI=1S/C14H27N/c1-4-6-13-10-12(3)7-8-14(13)11-15-9-5-2/h4,12-15H,1,5-11H2,2-3H3. The summed E-state index contributed by atoms with van der Waals surface area (Å²) in [6.07, 6.45) is 8.81. The average molecular weight is 209 g/mol. The van der Waals surface area contributed by atoms with Crippen molar-refractivity contribution in [1.29, 1.82) is 0 Å². The Kier molecular flexibility index (Phi) is 6.00. The molecule has 0 aromatic carbocycles. The van der Waals surface area contributed by atoms with Crippen LogP contribution in [-0.2, 0) is 0 Å². The van der Waals surface area contributed by atoms with Gasteiger partial charge in [-0.15, -0.1) is 6.58 Å². The van der Waals surface area contributed by atoms with E-state index in [0.717, 1.165) is 17.8 Å². The summed E-state index contributed by atoms with van der Waals surface area (Å²) >= 11 is 0. The molecule has 0 aromatic heterocycles. The third kappa shape index (κ3) is 4.38. The van der Waals surface area contributed by atoms with Crippen molar-refractivity contribution in [2.45, 2.75) is 46.0 Å². The summed E-state index contributed by atoms with van der Waals surface area (Å²) in [5.41, 5.74) is 0. The molecule has 15 heavy (non-hydrogen) atoms. The highest BCUT2D eigenvalue weighted by atomic mass is 14.9. The van der Waals surface area contributed by atoms with Crippen LogP contribution in [0.2, 0.25) is 0 Å². The minimum atomic E-state index is 0.885. The maximum atomic E-state index is 3.89. The SMILES string of the molecule is C=CCC1CC(C)CCC1CNCCC. The van der Waals surface area contributed by atoms with E-state index in [-0.39, 0.29) is 0 Å². The van der Waals surface area contributed by atoms with Crippen LogP contribution >= 0.6 is 0 Å². The van der Waals surface area contributed by atoms with Gasteiger partial charge >= 0.3 is 0 Å². The third-order valence-corrected chi connectivity index (χ3v) is 3.70. The summed E-state index contributed by atoms with van der Waals surface area (Å²) in [7, 11) is 0. The Labute approximate surface area is 95.3 Å². The molecule has 0 aliphatic heterocycles. The van der Waals surface area contributed by atoms with Gasteiger partial charge in [-0.3, -0.25) is 0 Å². The van der Waals surface area contributed by atoms with Gasteiger partial charge in [-0.25, -0.2) is 0 Å². The zero-order valence-corrected chi connectivity index (χ0v) is 10.5. The summed E-state index contributed by atoms with van der Waals surface area (Å²) in [6, 6.07) is 0. The summed E-state index contributed by atoms with van der Waals surface area (Å²) in [4.78, 5) is 0. The largest absolute Gasteiger partial charge is 0.316 e. The maximum Gasteiger partial charge on any atom is -0.00178 e. The van der Waals surface area contributed by atoms with Crippen molar-refractivity contribution >= 4 is 0 Å². The van der Waals surface area contributed by atoms with E-state index in [2.05, 4.69) is 31.8 Å². The number of rotatable bonds is 6. The minimum Gasteiger partial charge on any atom is -0.316 e. The van der Waals surface area contributed by atoms with E-state index in [9.17, 15) is 0 Å². The van der Waals surface area contributed by atoms with Crippen molar-refractivity contribution in [3.8, 4) is 0 Å². The van der Waals surface area contributed by atoms with Gasteiger partial charge in [0.05, 0.1) is 0 Å². The molecule has 0 spiro atoms. The number of hydrogen-bond acceptors (Lipinski definition) is 1.